The Hall–Kier alpha value is -1.01. The number of nitrogens with zero attached hydrogens (tertiary/aromatic N) is 2. The van der Waals surface area contributed by atoms with Crippen molar-refractivity contribution in [2.24, 2.45) is 0 Å². The minimum absolute atomic E-state index is 0.185. The fourth-order valence-corrected chi connectivity index (χ4v) is 2.51. The van der Waals surface area contributed by atoms with Crippen LogP contribution in [-0.2, 0) is 13.0 Å². The maximum atomic E-state index is 12.1. The summed E-state index contributed by atoms with van der Waals surface area (Å²) in [5.74, 6) is 0.399. The molecule has 6 heteroatoms. The van der Waals surface area contributed by atoms with E-state index in [9.17, 15) is 9.90 Å². The molecule has 0 fully saturated rings. The number of hydrogen-bond acceptors (Lipinski definition) is 4. The van der Waals surface area contributed by atoms with Gasteiger partial charge in [-0.15, -0.1) is 0 Å². The first kappa shape index (κ1) is 16.0. The van der Waals surface area contributed by atoms with Gasteiger partial charge in [0.05, 0.1) is 11.3 Å². The fourth-order valence-electron chi connectivity index (χ4n) is 1.79. The van der Waals surface area contributed by atoms with E-state index in [4.69, 9.17) is 0 Å². The van der Waals surface area contributed by atoms with Crippen molar-refractivity contribution in [3.63, 3.8) is 0 Å². The first-order valence-electron chi connectivity index (χ1n) is 6.49. The Labute approximate surface area is 118 Å². The van der Waals surface area contributed by atoms with Gasteiger partial charge in [0, 0.05) is 18.8 Å². The highest BCUT2D eigenvalue weighted by molar-refractivity contribution is 7.98. The van der Waals surface area contributed by atoms with Crippen LogP contribution in [0.25, 0.3) is 0 Å². The summed E-state index contributed by atoms with van der Waals surface area (Å²) >= 11 is 1.55. The monoisotopic (exact) mass is 285 g/mol. The molecule has 5 nitrogen and oxygen atoms in total. The molecule has 1 rings (SSSR count). The molecule has 19 heavy (non-hydrogen) atoms. The van der Waals surface area contributed by atoms with Crippen LogP contribution in [0.1, 0.15) is 37.0 Å². The molecule has 108 valence electrons. The fraction of sp³-hybridized carbons (Fsp3) is 0.692. The predicted octanol–water partition coefficient (Wildman–Crippen LogP) is 1.31. The van der Waals surface area contributed by atoms with Gasteiger partial charge in [-0.3, -0.25) is 9.48 Å². The Bertz CT molecular complexity index is 430. The lowest BCUT2D eigenvalue weighted by Gasteiger charge is -2.22. The average molecular weight is 285 g/mol. The number of carbonyl (C=O) groups is 1. The van der Waals surface area contributed by atoms with E-state index in [0.717, 1.165) is 12.1 Å². The predicted molar refractivity (Wildman–Crippen MR) is 78.6 cm³/mol. The van der Waals surface area contributed by atoms with Crippen molar-refractivity contribution in [3.8, 4) is 0 Å². The molecular formula is C13H23N3O2S. The molecule has 0 radical (unpaired) electrons. The summed E-state index contributed by atoms with van der Waals surface area (Å²) in [6.45, 7) is 6.58. The zero-order chi connectivity index (χ0) is 14.5. The lowest BCUT2D eigenvalue weighted by Crippen LogP contribution is -2.42. The third kappa shape index (κ3) is 4.54. The van der Waals surface area contributed by atoms with Crippen molar-refractivity contribution in [2.75, 3.05) is 18.6 Å². The zero-order valence-corrected chi connectivity index (χ0v) is 12.9. The second-order valence-electron chi connectivity index (χ2n) is 4.80. The molecule has 0 aromatic carbocycles. The van der Waals surface area contributed by atoms with Crippen LogP contribution in [0.3, 0.4) is 0 Å². The first-order valence-corrected chi connectivity index (χ1v) is 7.89. The van der Waals surface area contributed by atoms with Gasteiger partial charge in [0.15, 0.2) is 0 Å². The average Bonchev–Trinajstić information content (AvgIpc) is 2.79. The molecule has 2 N–H and O–H groups in total. The van der Waals surface area contributed by atoms with Gasteiger partial charge < -0.3 is 10.4 Å². The van der Waals surface area contributed by atoms with Crippen LogP contribution >= 0.6 is 11.8 Å². The summed E-state index contributed by atoms with van der Waals surface area (Å²) in [6.07, 6.45) is 2.73. The van der Waals surface area contributed by atoms with Gasteiger partial charge in [0.25, 0.3) is 5.91 Å². The Balaban J connectivity index is 2.70. The summed E-state index contributed by atoms with van der Waals surface area (Å²) in [7, 11) is 0. The van der Waals surface area contributed by atoms with Crippen LogP contribution in [0.4, 0.5) is 0 Å². The number of amides is 1. The SMILES string of the molecule is CCc1cc(C(=O)NCC(C)(O)CSC)n(CC)n1. The molecule has 1 heterocycles. The van der Waals surface area contributed by atoms with Gasteiger partial charge in [-0.05, 0) is 32.6 Å². The largest absolute Gasteiger partial charge is 0.387 e. The summed E-state index contributed by atoms with van der Waals surface area (Å²) in [5.41, 5.74) is 0.571. The number of hydrogen-bond donors (Lipinski definition) is 2. The maximum absolute atomic E-state index is 12.1. The Morgan fingerprint density at radius 1 is 1.58 bits per heavy atom. The van der Waals surface area contributed by atoms with Crippen molar-refractivity contribution in [3.05, 3.63) is 17.5 Å². The molecule has 1 atom stereocenters. The van der Waals surface area contributed by atoms with Crippen LogP contribution < -0.4 is 5.32 Å². The standard InChI is InChI=1S/C13H23N3O2S/c1-5-10-7-11(16(6-2)15-10)12(17)14-8-13(3,18)9-19-4/h7,18H,5-6,8-9H2,1-4H3,(H,14,17). The second-order valence-corrected chi connectivity index (χ2v) is 5.67. The number of nitrogens with one attached hydrogen (secondary N) is 1. The molecule has 0 saturated heterocycles. The highest BCUT2D eigenvalue weighted by atomic mass is 32.2. The van der Waals surface area contributed by atoms with E-state index >= 15 is 0 Å². The Kier molecular flexibility index (Phi) is 5.87. The van der Waals surface area contributed by atoms with Crippen molar-refractivity contribution >= 4 is 17.7 Å². The Morgan fingerprint density at radius 3 is 2.79 bits per heavy atom. The molecule has 1 aromatic heterocycles. The van der Waals surface area contributed by atoms with Crippen LogP contribution in [-0.4, -0.2) is 44.9 Å². The lowest BCUT2D eigenvalue weighted by atomic mass is 10.1. The third-order valence-electron chi connectivity index (χ3n) is 2.81. The summed E-state index contributed by atoms with van der Waals surface area (Å²) in [4.78, 5) is 12.1. The molecule has 1 amide bonds. The van der Waals surface area contributed by atoms with E-state index in [2.05, 4.69) is 10.4 Å². The van der Waals surface area contributed by atoms with Crippen LogP contribution in [0.2, 0.25) is 0 Å². The lowest BCUT2D eigenvalue weighted by molar-refractivity contribution is 0.0719. The molecular weight excluding hydrogens is 262 g/mol. The minimum atomic E-state index is -0.889. The summed E-state index contributed by atoms with van der Waals surface area (Å²) in [5, 5.41) is 17.1. The third-order valence-corrected chi connectivity index (χ3v) is 3.72. The van der Waals surface area contributed by atoms with Crippen molar-refractivity contribution in [1.82, 2.24) is 15.1 Å². The molecule has 1 aromatic rings. The zero-order valence-electron chi connectivity index (χ0n) is 12.1. The van der Waals surface area contributed by atoms with Gasteiger partial charge >= 0.3 is 0 Å². The van der Waals surface area contributed by atoms with E-state index in [1.165, 1.54) is 0 Å². The number of thioether (sulfide) groups is 1. The van der Waals surface area contributed by atoms with Crippen LogP contribution in [0.5, 0.6) is 0 Å². The maximum Gasteiger partial charge on any atom is 0.269 e. The number of aromatic nitrogens is 2. The van der Waals surface area contributed by atoms with Gasteiger partial charge in [0.1, 0.15) is 5.69 Å². The van der Waals surface area contributed by atoms with Crippen LogP contribution in [0.15, 0.2) is 6.07 Å². The number of aliphatic hydroxyl groups is 1. The minimum Gasteiger partial charge on any atom is -0.387 e. The Morgan fingerprint density at radius 2 is 2.26 bits per heavy atom. The van der Waals surface area contributed by atoms with Gasteiger partial charge in [-0.2, -0.15) is 16.9 Å². The quantitative estimate of drug-likeness (QED) is 0.792. The van der Waals surface area contributed by atoms with Gasteiger partial charge in [-0.25, -0.2) is 0 Å². The molecule has 0 aliphatic rings. The van der Waals surface area contributed by atoms with Gasteiger partial charge in [0.2, 0.25) is 0 Å². The van der Waals surface area contributed by atoms with Crippen LogP contribution in [0, 0.1) is 0 Å². The van der Waals surface area contributed by atoms with E-state index in [1.807, 2.05) is 26.2 Å². The second kappa shape index (κ2) is 6.96. The van der Waals surface area contributed by atoms with E-state index < -0.39 is 5.60 Å². The highest BCUT2D eigenvalue weighted by Gasteiger charge is 2.22. The van der Waals surface area contributed by atoms with Crippen molar-refractivity contribution in [1.29, 1.82) is 0 Å². The van der Waals surface area contributed by atoms with E-state index in [-0.39, 0.29) is 12.5 Å². The highest BCUT2D eigenvalue weighted by Crippen LogP contribution is 2.10. The molecule has 0 aliphatic heterocycles. The van der Waals surface area contributed by atoms with E-state index in [1.54, 1.807) is 23.4 Å². The summed E-state index contributed by atoms with van der Waals surface area (Å²) < 4.78 is 1.69. The molecule has 0 saturated carbocycles. The molecule has 0 aliphatic carbocycles. The molecule has 0 bridgehead atoms. The number of aryl methyl sites for hydroxylation is 2. The smallest absolute Gasteiger partial charge is 0.269 e. The van der Waals surface area contributed by atoms with Gasteiger partial charge in [-0.1, -0.05) is 6.92 Å². The van der Waals surface area contributed by atoms with Crippen molar-refractivity contribution < 1.29 is 9.90 Å². The van der Waals surface area contributed by atoms with Crippen molar-refractivity contribution in [2.45, 2.75) is 39.3 Å². The topological polar surface area (TPSA) is 67.2 Å². The van der Waals surface area contributed by atoms with E-state index in [0.29, 0.717) is 18.0 Å². The first-order chi connectivity index (χ1) is 8.93. The molecule has 0 spiro atoms. The number of carbonyl (C=O) groups excluding carboxylic acids is 1. The molecule has 1 unspecified atom stereocenters. The summed E-state index contributed by atoms with van der Waals surface area (Å²) in [6, 6.07) is 1.81. The normalized spacial score (nSPS) is 14.2. The number of rotatable bonds is 7.